The third-order valence-corrected chi connectivity index (χ3v) is 7.61. The van der Waals surface area contributed by atoms with Crippen LogP contribution in [0.2, 0.25) is 5.02 Å². The van der Waals surface area contributed by atoms with Crippen LogP contribution in [-0.2, 0) is 0 Å². The lowest BCUT2D eigenvalue weighted by Crippen LogP contribution is -2.70. The van der Waals surface area contributed by atoms with Crippen LogP contribution in [0.15, 0.2) is 48.5 Å². The van der Waals surface area contributed by atoms with Gasteiger partial charge in [-0.05, 0) is 54.7 Å². The van der Waals surface area contributed by atoms with E-state index in [0.29, 0.717) is 17.5 Å². The molecule has 2 aromatic rings. The van der Waals surface area contributed by atoms with Gasteiger partial charge in [-0.15, -0.1) is 0 Å². The molecule has 2 amide bonds. The van der Waals surface area contributed by atoms with E-state index in [4.69, 9.17) is 11.6 Å². The van der Waals surface area contributed by atoms with E-state index < -0.39 is 0 Å². The van der Waals surface area contributed by atoms with Gasteiger partial charge in [-0.3, -0.25) is 9.80 Å². The Morgan fingerprint density at radius 1 is 1.06 bits per heavy atom. The van der Waals surface area contributed by atoms with Crippen molar-refractivity contribution in [3.05, 3.63) is 59.1 Å². The second kappa shape index (κ2) is 8.81. The molecule has 3 atom stereocenters. The smallest absolute Gasteiger partial charge is 0.326 e. The van der Waals surface area contributed by atoms with Crippen molar-refractivity contribution in [2.24, 2.45) is 5.92 Å². The summed E-state index contributed by atoms with van der Waals surface area (Å²) in [4.78, 5) is 17.6. The summed E-state index contributed by atoms with van der Waals surface area (Å²) in [5, 5.41) is 13.9. The zero-order chi connectivity index (χ0) is 21.4. The summed E-state index contributed by atoms with van der Waals surface area (Å²) in [5.41, 5.74) is 2.85. The van der Waals surface area contributed by atoms with Crippen LogP contribution in [0.1, 0.15) is 43.6 Å². The van der Waals surface area contributed by atoms with Gasteiger partial charge in [0.15, 0.2) is 0 Å². The second-order valence-electron chi connectivity index (χ2n) is 9.15. The molecular weight excluding hydrogens is 410 g/mol. The van der Waals surface area contributed by atoms with Gasteiger partial charge in [-0.25, -0.2) is 4.79 Å². The molecule has 5 nitrogen and oxygen atoms in total. The minimum absolute atomic E-state index is 0.127. The number of para-hydroxylation sites is 1. The van der Waals surface area contributed by atoms with Crippen molar-refractivity contribution >= 4 is 29.0 Å². The number of benzene rings is 2. The number of aliphatic hydroxyl groups excluding tert-OH is 1. The number of hydrogen-bond donors (Lipinski definition) is 2. The first kappa shape index (κ1) is 20.8. The standard InChI is InChI=1S/C25H30ClN3O2/c26-18-10-12-19(13-11-18)27-25(31)29-15-22-24(20-8-4-5-9-21(20)29)23(16-30)28(22)14-17-6-2-1-3-7-17/h4-5,8-13,17,22-24,30H,1-3,6-7,14-16H2,(H,27,31)/t22-,23-,24+/m0/s1. The predicted octanol–water partition coefficient (Wildman–Crippen LogP) is 5.10. The number of likely N-dealkylation sites (tertiary alicyclic amines) is 1. The first-order valence-electron chi connectivity index (χ1n) is 11.5. The maximum absolute atomic E-state index is 13.3. The van der Waals surface area contributed by atoms with Gasteiger partial charge >= 0.3 is 6.03 Å². The van der Waals surface area contributed by atoms with Crippen molar-refractivity contribution in [3.63, 3.8) is 0 Å². The maximum atomic E-state index is 13.3. The molecule has 1 aliphatic carbocycles. The molecule has 2 aromatic carbocycles. The SMILES string of the molecule is O=C(Nc1ccc(Cl)cc1)N1C[C@H]2[C@@H](c3ccccc31)[C@H](CO)N2CC1CCCCC1. The summed E-state index contributed by atoms with van der Waals surface area (Å²) in [5.74, 6) is 0.988. The maximum Gasteiger partial charge on any atom is 0.326 e. The van der Waals surface area contributed by atoms with Gasteiger partial charge in [0.25, 0.3) is 0 Å². The number of hydrogen-bond acceptors (Lipinski definition) is 3. The van der Waals surface area contributed by atoms with Gasteiger partial charge in [0.05, 0.1) is 6.61 Å². The van der Waals surface area contributed by atoms with Crippen LogP contribution < -0.4 is 10.2 Å². The Balaban J connectivity index is 1.39. The Labute approximate surface area is 189 Å². The monoisotopic (exact) mass is 439 g/mol. The molecule has 0 bridgehead atoms. The first-order chi connectivity index (χ1) is 15.2. The minimum atomic E-state index is -0.127. The van der Waals surface area contributed by atoms with Crippen LogP contribution in [0.3, 0.4) is 0 Å². The summed E-state index contributed by atoms with van der Waals surface area (Å²) in [6.45, 7) is 1.84. The lowest BCUT2D eigenvalue weighted by molar-refractivity contribution is -0.0541. The zero-order valence-corrected chi connectivity index (χ0v) is 18.5. The van der Waals surface area contributed by atoms with Crippen molar-refractivity contribution < 1.29 is 9.90 Å². The molecule has 0 spiro atoms. The highest BCUT2D eigenvalue weighted by Crippen LogP contribution is 2.49. The summed E-state index contributed by atoms with van der Waals surface area (Å²) in [7, 11) is 0. The number of rotatable bonds is 4. The number of carbonyl (C=O) groups excluding carboxylic acids is 1. The normalized spacial score (nSPS) is 26.0. The molecule has 3 aliphatic rings. The van der Waals surface area contributed by atoms with Gasteiger partial charge in [0.1, 0.15) is 0 Å². The van der Waals surface area contributed by atoms with Crippen molar-refractivity contribution in [2.75, 3.05) is 29.9 Å². The number of anilines is 2. The molecule has 2 N–H and O–H groups in total. The Kier molecular flexibility index (Phi) is 5.91. The first-order valence-corrected chi connectivity index (χ1v) is 11.8. The van der Waals surface area contributed by atoms with Gasteiger partial charge in [0, 0.05) is 47.5 Å². The highest BCUT2D eigenvalue weighted by molar-refractivity contribution is 6.30. The number of nitrogens with zero attached hydrogens (tertiary/aromatic N) is 2. The molecule has 5 rings (SSSR count). The van der Waals surface area contributed by atoms with Crippen LogP contribution >= 0.6 is 11.6 Å². The van der Waals surface area contributed by atoms with E-state index in [-0.39, 0.29) is 30.6 Å². The molecule has 2 aliphatic heterocycles. The van der Waals surface area contributed by atoms with Crippen molar-refractivity contribution in [3.8, 4) is 0 Å². The Morgan fingerprint density at radius 3 is 2.55 bits per heavy atom. The average Bonchev–Trinajstić information content (AvgIpc) is 2.79. The van der Waals surface area contributed by atoms with E-state index in [0.717, 1.165) is 17.9 Å². The topological polar surface area (TPSA) is 55.8 Å². The Bertz CT molecular complexity index is 929. The van der Waals surface area contributed by atoms with Gasteiger partial charge in [0.2, 0.25) is 0 Å². The fourth-order valence-electron chi connectivity index (χ4n) is 5.82. The quantitative estimate of drug-likeness (QED) is 0.696. The van der Waals surface area contributed by atoms with E-state index in [1.807, 2.05) is 35.2 Å². The number of fused-ring (bicyclic) bond motifs is 3. The van der Waals surface area contributed by atoms with E-state index in [1.54, 1.807) is 12.1 Å². The number of aliphatic hydroxyl groups is 1. The van der Waals surface area contributed by atoms with Crippen LogP contribution in [0.25, 0.3) is 0 Å². The molecule has 2 fully saturated rings. The van der Waals surface area contributed by atoms with Crippen LogP contribution in [0.5, 0.6) is 0 Å². The largest absolute Gasteiger partial charge is 0.395 e. The number of urea groups is 1. The van der Waals surface area contributed by atoms with E-state index >= 15 is 0 Å². The van der Waals surface area contributed by atoms with Crippen molar-refractivity contribution in [2.45, 2.75) is 50.1 Å². The van der Waals surface area contributed by atoms with Crippen molar-refractivity contribution in [1.82, 2.24) is 4.90 Å². The molecule has 1 saturated heterocycles. The summed E-state index contributed by atoms with van der Waals surface area (Å²) >= 11 is 5.98. The van der Waals surface area contributed by atoms with Crippen molar-refractivity contribution in [1.29, 1.82) is 0 Å². The summed E-state index contributed by atoms with van der Waals surface area (Å²) < 4.78 is 0. The fraction of sp³-hybridized carbons (Fsp3) is 0.480. The number of amides is 2. The summed E-state index contributed by atoms with van der Waals surface area (Å²) in [6.07, 6.45) is 6.54. The van der Waals surface area contributed by atoms with E-state index in [1.165, 1.54) is 37.7 Å². The highest BCUT2D eigenvalue weighted by Gasteiger charge is 2.53. The third-order valence-electron chi connectivity index (χ3n) is 7.36. The van der Waals surface area contributed by atoms with Crippen LogP contribution in [0, 0.1) is 5.92 Å². The Morgan fingerprint density at radius 2 is 1.81 bits per heavy atom. The molecule has 0 aromatic heterocycles. The molecule has 2 heterocycles. The molecule has 0 radical (unpaired) electrons. The predicted molar refractivity (Wildman–Crippen MR) is 125 cm³/mol. The van der Waals surface area contributed by atoms with Crippen LogP contribution in [-0.4, -0.2) is 47.8 Å². The fourth-order valence-corrected chi connectivity index (χ4v) is 5.95. The molecular formula is C25H30ClN3O2. The number of nitrogens with one attached hydrogen (secondary N) is 1. The molecule has 31 heavy (non-hydrogen) atoms. The highest BCUT2D eigenvalue weighted by atomic mass is 35.5. The van der Waals surface area contributed by atoms with Gasteiger partial charge < -0.3 is 10.4 Å². The molecule has 164 valence electrons. The zero-order valence-electron chi connectivity index (χ0n) is 17.7. The van der Waals surface area contributed by atoms with Gasteiger partial charge in [-0.1, -0.05) is 49.1 Å². The lowest BCUT2D eigenvalue weighted by Gasteiger charge is -2.59. The summed E-state index contributed by atoms with van der Waals surface area (Å²) in [6, 6.07) is 15.6. The number of halogens is 1. The minimum Gasteiger partial charge on any atom is -0.395 e. The third kappa shape index (κ3) is 3.95. The van der Waals surface area contributed by atoms with E-state index in [2.05, 4.69) is 16.3 Å². The average molecular weight is 440 g/mol. The number of carbonyl (C=O) groups is 1. The van der Waals surface area contributed by atoms with Gasteiger partial charge in [-0.2, -0.15) is 0 Å². The molecule has 1 saturated carbocycles. The van der Waals surface area contributed by atoms with Crippen LogP contribution in [0.4, 0.5) is 16.2 Å². The Hall–Kier alpha value is -2.08. The molecule has 0 unspecified atom stereocenters. The molecule has 6 heteroatoms. The lowest BCUT2D eigenvalue weighted by atomic mass is 9.71. The second-order valence-corrected chi connectivity index (χ2v) is 9.59. The van der Waals surface area contributed by atoms with E-state index in [9.17, 15) is 9.90 Å².